The van der Waals surface area contributed by atoms with Gasteiger partial charge in [-0.05, 0) is 24.2 Å². The number of likely N-dealkylation sites (N-methyl/N-ethyl adjacent to an activating group) is 1. The molecule has 2 aromatic heterocycles. The molecule has 1 aliphatic heterocycles. The highest BCUT2D eigenvalue weighted by atomic mass is 35.5. The second kappa shape index (κ2) is 13.3. The highest BCUT2D eigenvalue weighted by Crippen LogP contribution is 2.44. The van der Waals surface area contributed by atoms with E-state index in [1.54, 1.807) is 17.0 Å². The fourth-order valence-corrected chi connectivity index (χ4v) is 4.72. The first-order valence-electron chi connectivity index (χ1n) is 11.9. The highest BCUT2D eigenvalue weighted by molar-refractivity contribution is 6.39. The lowest BCUT2D eigenvalue weighted by molar-refractivity contribution is -0.134. The second-order valence-electron chi connectivity index (χ2n) is 8.40. The zero-order valence-corrected chi connectivity index (χ0v) is 23.0. The molecule has 0 bridgehead atoms. The van der Waals surface area contributed by atoms with Gasteiger partial charge in [-0.3, -0.25) is 14.6 Å². The van der Waals surface area contributed by atoms with E-state index in [4.69, 9.17) is 48.3 Å². The van der Waals surface area contributed by atoms with Crippen LogP contribution in [0.25, 0.3) is 22.1 Å². The zero-order chi connectivity index (χ0) is 29.6. The zero-order valence-electron chi connectivity index (χ0n) is 21.5. The van der Waals surface area contributed by atoms with Crippen molar-refractivity contribution >= 4 is 57.9 Å². The van der Waals surface area contributed by atoms with E-state index < -0.39 is 23.8 Å². The Morgan fingerprint density at radius 2 is 1.62 bits per heavy atom. The Morgan fingerprint density at radius 1 is 1.05 bits per heavy atom. The maximum Gasteiger partial charge on any atom is 0.328 e. The third-order valence-corrected chi connectivity index (χ3v) is 6.63. The van der Waals surface area contributed by atoms with Crippen LogP contribution < -0.4 is 10.5 Å². The first-order valence-corrected chi connectivity index (χ1v) is 12.6. The van der Waals surface area contributed by atoms with Crippen LogP contribution in [0.2, 0.25) is 10.0 Å². The van der Waals surface area contributed by atoms with Gasteiger partial charge in [-0.2, -0.15) is 0 Å². The van der Waals surface area contributed by atoms with Gasteiger partial charge in [-0.15, -0.1) is 0 Å². The summed E-state index contributed by atoms with van der Waals surface area (Å²) in [6.45, 7) is 5.51. The molecule has 0 spiro atoms. The van der Waals surface area contributed by atoms with Crippen molar-refractivity contribution in [3.05, 3.63) is 58.0 Å². The fraction of sp³-hybridized carbons (Fsp3) is 0.269. The maximum atomic E-state index is 13.4. The minimum absolute atomic E-state index is 0.0271. The number of carbonyl (C=O) groups excluding carboxylic acids is 2. The molecule has 2 amide bonds. The number of furan rings is 1. The van der Waals surface area contributed by atoms with Crippen LogP contribution in [-0.4, -0.2) is 88.6 Å². The molecule has 0 radical (unpaired) electrons. The third kappa shape index (κ3) is 6.71. The van der Waals surface area contributed by atoms with E-state index in [-0.39, 0.29) is 27.0 Å². The summed E-state index contributed by atoms with van der Waals surface area (Å²) >= 11 is 12.8. The summed E-state index contributed by atoms with van der Waals surface area (Å²) < 4.78 is 11.4. The summed E-state index contributed by atoms with van der Waals surface area (Å²) in [6.07, 6.45) is 4.01. The van der Waals surface area contributed by atoms with E-state index in [0.29, 0.717) is 47.5 Å². The number of benzene rings is 1. The van der Waals surface area contributed by atoms with Gasteiger partial charge in [-0.1, -0.05) is 30.1 Å². The third-order valence-electron chi connectivity index (χ3n) is 6.06. The number of aliphatic carboxylic acids is 2. The molecule has 40 heavy (non-hydrogen) atoms. The van der Waals surface area contributed by atoms with E-state index in [0.717, 1.165) is 19.6 Å². The normalized spacial score (nSPS) is 13.7. The molecular weight excluding hydrogens is 567 g/mol. The van der Waals surface area contributed by atoms with Crippen molar-refractivity contribution in [2.75, 3.05) is 39.8 Å². The van der Waals surface area contributed by atoms with Gasteiger partial charge in [0.1, 0.15) is 0 Å². The fourth-order valence-electron chi connectivity index (χ4n) is 4.16. The SMILES string of the molecule is CCN1CCN(C(=O)c2oc3c(OC)ccc(-c4c(Cl)cncc4Cl)c3c2C(N)=O)CC1.O=C(O)/C=C/C(=O)O. The molecule has 3 aromatic rings. The molecular formula is C26H26Cl2N4O8. The number of nitrogens with two attached hydrogens (primary N) is 1. The first-order chi connectivity index (χ1) is 19.0. The van der Waals surface area contributed by atoms with Crippen molar-refractivity contribution in [3.8, 4) is 16.9 Å². The minimum Gasteiger partial charge on any atom is -0.493 e. The van der Waals surface area contributed by atoms with Crippen molar-refractivity contribution < 1.29 is 38.5 Å². The van der Waals surface area contributed by atoms with Gasteiger partial charge in [0.25, 0.3) is 11.8 Å². The van der Waals surface area contributed by atoms with Crippen molar-refractivity contribution in [1.82, 2.24) is 14.8 Å². The Morgan fingerprint density at radius 3 is 2.10 bits per heavy atom. The number of halogens is 2. The summed E-state index contributed by atoms with van der Waals surface area (Å²) in [7, 11) is 1.47. The number of amides is 2. The number of hydrogen-bond donors (Lipinski definition) is 3. The number of primary amides is 1. The topological polar surface area (TPSA) is 176 Å². The lowest BCUT2D eigenvalue weighted by Gasteiger charge is -2.33. The molecule has 4 N–H and O–H groups in total. The van der Waals surface area contributed by atoms with Crippen LogP contribution >= 0.6 is 23.2 Å². The number of aromatic nitrogens is 1. The van der Waals surface area contributed by atoms with Gasteiger partial charge in [0.15, 0.2) is 11.3 Å². The van der Waals surface area contributed by atoms with Crippen molar-refractivity contribution in [2.45, 2.75) is 6.92 Å². The van der Waals surface area contributed by atoms with Crippen LogP contribution in [0.15, 0.2) is 41.1 Å². The average Bonchev–Trinajstić information content (AvgIpc) is 3.33. The molecule has 0 aliphatic carbocycles. The number of hydrogen-bond acceptors (Lipinski definition) is 8. The summed E-state index contributed by atoms with van der Waals surface area (Å²) in [5, 5.41) is 16.5. The molecule has 1 fully saturated rings. The lowest BCUT2D eigenvalue weighted by Crippen LogP contribution is -2.48. The van der Waals surface area contributed by atoms with E-state index in [1.807, 2.05) is 0 Å². The molecule has 1 aromatic carbocycles. The van der Waals surface area contributed by atoms with Crippen molar-refractivity contribution in [1.29, 1.82) is 0 Å². The number of carboxylic acid groups (broad SMARTS) is 2. The molecule has 1 aliphatic rings. The summed E-state index contributed by atoms with van der Waals surface area (Å²) in [5.74, 6) is -3.48. The number of methoxy groups -OCH3 is 1. The molecule has 3 heterocycles. The van der Waals surface area contributed by atoms with Gasteiger partial charge in [0.2, 0.25) is 5.76 Å². The number of nitrogens with zero attached hydrogens (tertiary/aromatic N) is 3. The predicted molar refractivity (Wildman–Crippen MR) is 147 cm³/mol. The van der Waals surface area contributed by atoms with E-state index in [2.05, 4.69) is 16.8 Å². The smallest absolute Gasteiger partial charge is 0.328 e. The predicted octanol–water partition coefficient (Wildman–Crippen LogP) is 3.40. The molecule has 4 rings (SSSR count). The van der Waals surface area contributed by atoms with Gasteiger partial charge >= 0.3 is 11.9 Å². The number of carboxylic acids is 2. The number of carbonyl (C=O) groups is 4. The Kier molecular flexibility index (Phi) is 10.1. The Hall–Kier alpha value is -4.13. The molecule has 0 unspecified atom stereocenters. The summed E-state index contributed by atoms with van der Waals surface area (Å²) in [4.78, 5) is 53.0. The maximum absolute atomic E-state index is 13.4. The van der Waals surface area contributed by atoms with Gasteiger partial charge in [-0.25, -0.2) is 9.59 Å². The van der Waals surface area contributed by atoms with Crippen LogP contribution in [-0.2, 0) is 9.59 Å². The molecule has 0 saturated carbocycles. The lowest BCUT2D eigenvalue weighted by atomic mass is 9.98. The van der Waals surface area contributed by atoms with Crippen LogP contribution in [0.1, 0.15) is 27.8 Å². The Balaban J connectivity index is 0.000000482. The summed E-state index contributed by atoms with van der Waals surface area (Å²) in [6, 6.07) is 3.36. The molecule has 12 nitrogen and oxygen atoms in total. The Bertz CT molecular complexity index is 1440. The van der Waals surface area contributed by atoms with Gasteiger partial charge in [0, 0.05) is 61.7 Å². The quantitative estimate of drug-likeness (QED) is 0.344. The molecule has 212 valence electrons. The van der Waals surface area contributed by atoms with Crippen LogP contribution in [0.4, 0.5) is 0 Å². The van der Waals surface area contributed by atoms with Crippen LogP contribution in [0, 0.1) is 0 Å². The van der Waals surface area contributed by atoms with Crippen LogP contribution in [0.3, 0.4) is 0 Å². The standard InChI is InChI=1S/C22H22Cl2N4O4.C4H4O4/c1-3-27-6-8-28(9-7-27)22(30)20-18(21(25)29)17-12(4-5-15(31-2)19(17)32-20)16-13(23)10-26-11-14(16)24;5-3(6)1-2-4(7)8/h4-5,10-11H,3,6-9H2,1-2H3,(H2,25,29);1-2H,(H,5,6)(H,7,8)/b;2-1+. The van der Waals surface area contributed by atoms with Crippen molar-refractivity contribution in [2.24, 2.45) is 5.73 Å². The molecule has 0 atom stereocenters. The number of rotatable bonds is 7. The number of fused-ring (bicyclic) bond motifs is 1. The average molecular weight is 593 g/mol. The largest absolute Gasteiger partial charge is 0.493 e. The highest BCUT2D eigenvalue weighted by Gasteiger charge is 2.33. The number of piperazine rings is 1. The minimum atomic E-state index is -1.26. The Labute approximate surface area is 238 Å². The van der Waals surface area contributed by atoms with E-state index >= 15 is 0 Å². The van der Waals surface area contributed by atoms with E-state index in [9.17, 15) is 19.2 Å². The first kappa shape index (κ1) is 30.4. The van der Waals surface area contributed by atoms with Crippen molar-refractivity contribution in [3.63, 3.8) is 0 Å². The summed E-state index contributed by atoms with van der Waals surface area (Å²) in [5.41, 5.74) is 6.89. The number of ether oxygens (including phenoxy) is 1. The number of pyridine rings is 1. The second-order valence-corrected chi connectivity index (χ2v) is 9.22. The van der Waals surface area contributed by atoms with Gasteiger partial charge < -0.3 is 34.9 Å². The monoisotopic (exact) mass is 592 g/mol. The van der Waals surface area contributed by atoms with E-state index in [1.165, 1.54) is 19.5 Å². The van der Waals surface area contributed by atoms with Gasteiger partial charge in [0.05, 0.1) is 22.7 Å². The molecule has 14 heteroatoms. The molecule has 1 saturated heterocycles. The van der Waals surface area contributed by atoms with Crippen LogP contribution in [0.5, 0.6) is 5.75 Å².